The van der Waals surface area contributed by atoms with Crippen LogP contribution >= 0.6 is 0 Å². The summed E-state index contributed by atoms with van der Waals surface area (Å²) < 4.78 is 6.59. The largest absolute Gasteiger partial charge is 0.497 e. The number of nitrogens with zero attached hydrogens (tertiary/aromatic N) is 5. The third-order valence-electron chi connectivity index (χ3n) is 6.71. The van der Waals surface area contributed by atoms with Crippen molar-refractivity contribution in [2.45, 2.75) is 19.4 Å². The minimum Gasteiger partial charge on any atom is -0.497 e. The van der Waals surface area contributed by atoms with Gasteiger partial charge in [0, 0.05) is 36.8 Å². The molecule has 9 nitrogen and oxygen atoms in total. The number of hydrogen-bond donors (Lipinski definition) is 1. The van der Waals surface area contributed by atoms with Crippen LogP contribution in [0.5, 0.6) is 5.75 Å². The van der Waals surface area contributed by atoms with Crippen LogP contribution in [-0.2, 0) is 11.3 Å². The molecule has 2 aromatic carbocycles. The lowest BCUT2D eigenvalue weighted by atomic mass is 9.97. The van der Waals surface area contributed by atoms with Crippen LogP contribution in [0.3, 0.4) is 0 Å². The monoisotopic (exact) mass is 510 g/mol. The van der Waals surface area contributed by atoms with Gasteiger partial charge in [-0.15, -0.1) is 10.2 Å². The fourth-order valence-electron chi connectivity index (χ4n) is 4.61. The quantitative estimate of drug-likeness (QED) is 0.388. The Morgan fingerprint density at radius 2 is 1.71 bits per heavy atom. The molecule has 1 saturated heterocycles. The molecule has 3 heterocycles. The van der Waals surface area contributed by atoms with Crippen molar-refractivity contribution >= 4 is 11.7 Å². The van der Waals surface area contributed by atoms with E-state index in [0.717, 1.165) is 47.8 Å². The zero-order valence-electron chi connectivity index (χ0n) is 21.3. The first-order valence-electron chi connectivity index (χ1n) is 12.7. The molecule has 1 unspecified atom stereocenters. The summed E-state index contributed by atoms with van der Waals surface area (Å²) in [7, 11) is 1.62. The summed E-state index contributed by atoms with van der Waals surface area (Å²) in [6, 6.07) is 24.5. The molecule has 0 spiro atoms. The van der Waals surface area contributed by atoms with Gasteiger partial charge in [0.25, 0.3) is 5.56 Å². The first kappa shape index (κ1) is 25.1. The number of nitrogens with one attached hydrogen (secondary N) is 1. The van der Waals surface area contributed by atoms with E-state index < -0.39 is 0 Å². The van der Waals surface area contributed by atoms with Gasteiger partial charge in [-0.3, -0.25) is 9.59 Å². The maximum Gasteiger partial charge on any atom is 0.266 e. The highest BCUT2D eigenvalue weighted by molar-refractivity contribution is 5.79. The van der Waals surface area contributed by atoms with Crippen LogP contribution in [-0.4, -0.2) is 52.6 Å². The van der Waals surface area contributed by atoms with E-state index in [1.807, 2.05) is 66.7 Å². The Labute approximate surface area is 221 Å². The van der Waals surface area contributed by atoms with E-state index in [9.17, 15) is 9.59 Å². The highest BCUT2D eigenvalue weighted by Crippen LogP contribution is 2.23. The number of anilines is 1. The molecule has 1 N–H and O–H groups in total. The molecule has 38 heavy (non-hydrogen) atoms. The minimum absolute atomic E-state index is 0.0251. The maximum absolute atomic E-state index is 12.9. The minimum atomic E-state index is -0.210. The van der Waals surface area contributed by atoms with Crippen LogP contribution in [0.2, 0.25) is 0 Å². The molecular weight excluding hydrogens is 480 g/mol. The average Bonchev–Trinajstić information content (AvgIpc) is 2.99. The lowest BCUT2D eigenvalue weighted by Gasteiger charge is -2.32. The predicted octanol–water partition coefficient (Wildman–Crippen LogP) is 3.41. The van der Waals surface area contributed by atoms with Gasteiger partial charge >= 0.3 is 0 Å². The highest BCUT2D eigenvalue weighted by atomic mass is 16.5. The van der Waals surface area contributed by atoms with Crippen molar-refractivity contribution in [2.75, 3.05) is 31.6 Å². The van der Waals surface area contributed by atoms with Crippen molar-refractivity contribution in [1.29, 1.82) is 0 Å². The number of methoxy groups -OCH3 is 1. The Balaban J connectivity index is 1.16. The molecule has 4 aromatic rings. The Hall–Kier alpha value is -4.53. The Kier molecular flexibility index (Phi) is 7.73. The Morgan fingerprint density at radius 3 is 2.45 bits per heavy atom. The van der Waals surface area contributed by atoms with Crippen molar-refractivity contribution in [3.05, 3.63) is 89.2 Å². The lowest BCUT2D eigenvalue weighted by Crippen LogP contribution is -2.44. The smallest absolute Gasteiger partial charge is 0.266 e. The molecule has 194 valence electrons. The molecule has 0 radical (unpaired) electrons. The molecule has 1 fully saturated rings. The van der Waals surface area contributed by atoms with E-state index in [-0.39, 0.29) is 23.9 Å². The second-order valence-corrected chi connectivity index (χ2v) is 9.23. The van der Waals surface area contributed by atoms with Gasteiger partial charge in [-0.2, -0.15) is 5.10 Å². The standard InChI is InChI=1S/C29H30N6O3/c1-38-24-11-9-22(10-12-24)26-14-16-28(36)35(33-26)19-17-30-29(37)23-8-5-18-34(20-23)27-15-13-25(31-32-27)21-6-3-2-4-7-21/h2-4,6-7,9-16,23H,5,8,17-20H2,1H3,(H,30,37). The fourth-order valence-corrected chi connectivity index (χ4v) is 4.61. The molecule has 1 atom stereocenters. The van der Waals surface area contributed by atoms with E-state index in [1.54, 1.807) is 13.2 Å². The number of aromatic nitrogens is 4. The molecule has 1 aliphatic heterocycles. The molecule has 2 aromatic heterocycles. The number of rotatable bonds is 8. The summed E-state index contributed by atoms with van der Waals surface area (Å²) in [5, 5.41) is 16.3. The maximum atomic E-state index is 12.9. The zero-order chi connectivity index (χ0) is 26.3. The van der Waals surface area contributed by atoms with Crippen LogP contribution in [0.4, 0.5) is 5.82 Å². The second-order valence-electron chi connectivity index (χ2n) is 9.23. The van der Waals surface area contributed by atoms with Gasteiger partial charge in [0.05, 0.1) is 31.0 Å². The normalized spacial score (nSPS) is 15.2. The van der Waals surface area contributed by atoms with Crippen LogP contribution < -0.4 is 20.5 Å². The molecule has 0 saturated carbocycles. The number of amides is 1. The third-order valence-corrected chi connectivity index (χ3v) is 6.71. The van der Waals surface area contributed by atoms with Crippen LogP contribution in [0.1, 0.15) is 12.8 Å². The van der Waals surface area contributed by atoms with Gasteiger partial charge in [0.2, 0.25) is 5.91 Å². The number of carbonyl (C=O) groups is 1. The molecule has 0 aliphatic carbocycles. The fraction of sp³-hybridized carbons (Fsp3) is 0.276. The van der Waals surface area contributed by atoms with Gasteiger partial charge in [0.15, 0.2) is 5.82 Å². The summed E-state index contributed by atoms with van der Waals surface area (Å²) >= 11 is 0. The SMILES string of the molecule is COc1ccc(-c2ccc(=O)n(CCNC(=O)C3CCCN(c4ccc(-c5ccccc5)nn4)C3)n2)cc1. The summed E-state index contributed by atoms with van der Waals surface area (Å²) in [6.45, 7) is 2.02. The number of ether oxygens (including phenoxy) is 1. The number of hydrogen-bond acceptors (Lipinski definition) is 7. The van der Waals surface area contributed by atoms with Crippen LogP contribution in [0.25, 0.3) is 22.5 Å². The highest BCUT2D eigenvalue weighted by Gasteiger charge is 2.26. The molecule has 9 heteroatoms. The topological polar surface area (TPSA) is 102 Å². The Morgan fingerprint density at radius 1 is 0.947 bits per heavy atom. The van der Waals surface area contributed by atoms with E-state index in [1.165, 1.54) is 10.7 Å². The van der Waals surface area contributed by atoms with Gasteiger partial charge < -0.3 is 15.0 Å². The van der Waals surface area contributed by atoms with Gasteiger partial charge in [-0.1, -0.05) is 30.3 Å². The summed E-state index contributed by atoms with van der Waals surface area (Å²) in [4.78, 5) is 27.4. The van der Waals surface area contributed by atoms with Gasteiger partial charge in [0.1, 0.15) is 5.75 Å². The molecule has 1 aliphatic rings. The van der Waals surface area contributed by atoms with Crippen LogP contribution in [0.15, 0.2) is 83.7 Å². The van der Waals surface area contributed by atoms with Crippen molar-refractivity contribution in [2.24, 2.45) is 5.92 Å². The van der Waals surface area contributed by atoms with Crippen molar-refractivity contribution in [1.82, 2.24) is 25.3 Å². The summed E-state index contributed by atoms with van der Waals surface area (Å²) in [5.74, 6) is 1.34. The van der Waals surface area contributed by atoms with Gasteiger partial charge in [-0.05, 0) is 55.3 Å². The molecule has 1 amide bonds. The number of benzene rings is 2. The first-order chi connectivity index (χ1) is 18.6. The van der Waals surface area contributed by atoms with Crippen molar-refractivity contribution in [3.63, 3.8) is 0 Å². The molecule has 5 rings (SSSR count). The summed E-state index contributed by atoms with van der Waals surface area (Å²) in [6.07, 6.45) is 1.70. The lowest BCUT2D eigenvalue weighted by molar-refractivity contribution is -0.125. The number of piperidine rings is 1. The molecular formula is C29H30N6O3. The van der Waals surface area contributed by atoms with Crippen molar-refractivity contribution < 1.29 is 9.53 Å². The average molecular weight is 511 g/mol. The van der Waals surface area contributed by atoms with E-state index in [4.69, 9.17) is 4.74 Å². The third kappa shape index (κ3) is 5.88. The van der Waals surface area contributed by atoms with Crippen molar-refractivity contribution in [3.8, 4) is 28.3 Å². The predicted molar refractivity (Wildman–Crippen MR) is 146 cm³/mol. The van der Waals surface area contributed by atoms with Gasteiger partial charge in [-0.25, -0.2) is 4.68 Å². The number of carbonyl (C=O) groups excluding carboxylic acids is 1. The van der Waals surface area contributed by atoms with E-state index >= 15 is 0 Å². The zero-order valence-corrected chi connectivity index (χ0v) is 21.3. The second kappa shape index (κ2) is 11.7. The molecule has 0 bridgehead atoms. The summed E-state index contributed by atoms with van der Waals surface area (Å²) in [5.41, 5.74) is 3.19. The van der Waals surface area contributed by atoms with E-state index in [0.29, 0.717) is 18.8 Å². The Bertz CT molecular complexity index is 1420. The van der Waals surface area contributed by atoms with Crippen LogP contribution in [0, 0.1) is 5.92 Å². The first-order valence-corrected chi connectivity index (χ1v) is 12.7. The van der Waals surface area contributed by atoms with E-state index in [2.05, 4.69) is 25.5 Å².